The van der Waals surface area contributed by atoms with Gasteiger partial charge in [0.2, 0.25) is 11.8 Å². The average Bonchev–Trinajstić information content (AvgIpc) is 2.39. The molecule has 0 aliphatic carbocycles. The predicted molar refractivity (Wildman–Crippen MR) is 80.1 cm³/mol. The molecule has 19 heavy (non-hydrogen) atoms. The van der Waals surface area contributed by atoms with Gasteiger partial charge >= 0.3 is 0 Å². The number of nitrogens with one attached hydrogen (secondary N) is 1. The van der Waals surface area contributed by atoms with Gasteiger partial charge in [-0.15, -0.1) is 0 Å². The third-order valence-corrected chi connectivity index (χ3v) is 3.08. The van der Waals surface area contributed by atoms with Crippen LogP contribution in [-0.4, -0.2) is 22.6 Å². The van der Waals surface area contributed by atoms with Crippen molar-refractivity contribution >= 4 is 17.5 Å². The van der Waals surface area contributed by atoms with Crippen molar-refractivity contribution < 1.29 is 4.74 Å². The molecule has 108 valence electrons. The maximum atomic E-state index is 6.05. The summed E-state index contributed by atoms with van der Waals surface area (Å²) in [6.07, 6.45) is 7.69. The van der Waals surface area contributed by atoms with E-state index >= 15 is 0 Å². The Morgan fingerprint density at radius 1 is 1.32 bits per heavy atom. The third-order valence-electron chi connectivity index (χ3n) is 2.82. The molecule has 0 radical (unpaired) electrons. The van der Waals surface area contributed by atoms with E-state index in [2.05, 4.69) is 29.1 Å². The molecule has 4 nitrogen and oxygen atoms in total. The SMILES string of the molecule is CCCCCCC(C)Oc1nc(NCC)ncc1Cl. The molecule has 0 saturated carbocycles. The van der Waals surface area contributed by atoms with E-state index in [4.69, 9.17) is 16.3 Å². The van der Waals surface area contributed by atoms with Gasteiger partial charge in [0, 0.05) is 6.54 Å². The van der Waals surface area contributed by atoms with Gasteiger partial charge < -0.3 is 10.1 Å². The Labute approximate surface area is 120 Å². The number of hydrogen-bond donors (Lipinski definition) is 1. The molecule has 1 unspecified atom stereocenters. The molecule has 0 saturated heterocycles. The standard InChI is InChI=1S/C14H24ClN3O/c1-4-6-7-8-9-11(3)19-13-12(15)10-17-14(18-13)16-5-2/h10-11H,4-9H2,1-3H3,(H,16,17,18). The van der Waals surface area contributed by atoms with Crippen LogP contribution in [0.15, 0.2) is 6.20 Å². The van der Waals surface area contributed by atoms with Crippen molar-refractivity contribution in [3.8, 4) is 5.88 Å². The van der Waals surface area contributed by atoms with E-state index in [1.165, 1.54) is 25.7 Å². The van der Waals surface area contributed by atoms with E-state index in [1.54, 1.807) is 6.20 Å². The summed E-state index contributed by atoms with van der Waals surface area (Å²) in [7, 11) is 0. The van der Waals surface area contributed by atoms with Crippen LogP contribution in [0.5, 0.6) is 5.88 Å². The van der Waals surface area contributed by atoms with Crippen molar-refractivity contribution in [1.29, 1.82) is 0 Å². The molecular weight excluding hydrogens is 262 g/mol. The summed E-state index contributed by atoms with van der Waals surface area (Å²) in [6, 6.07) is 0. The first-order chi connectivity index (χ1) is 9.17. The summed E-state index contributed by atoms with van der Waals surface area (Å²) in [5.41, 5.74) is 0. The lowest BCUT2D eigenvalue weighted by Crippen LogP contribution is -2.14. The van der Waals surface area contributed by atoms with E-state index in [0.717, 1.165) is 13.0 Å². The summed E-state index contributed by atoms with van der Waals surface area (Å²) >= 11 is 6.05. The normalized spacial score (nSPS) is 12.2. The van der Waals surface area contributed by atoms with Gasteiger partial charge in [0.25, 0.3) is 0 Å². The lowest BCUT2D eigenvalue weighted by atomic mass is 10.1. The third kappa shape index (κ3) is 6.10. The highest BCUT2D eigenvalue weighted by molar-refractivity contribution is 6.31. The van der Waals surface area contributed by atoms with Crippen LogP contribution in [-0.2, 0) is 0 Å². The van der Waals surface area contributed by atoms with Crippen molar-refractivity contribution in [1.82, 2.24) is 9.97 Å². The second-order valence-corrected chi connectivity index (χ2v) is 5.06. The van der Waals surface area contributed by atoms with Gasteiger partial charge in [-0.3, -0.25) is 0 Å². The zero-order valence-corrected chi connectivity index (χ0v) is 12.8. The van der Waals surface area contributed by atoms with Crippen LogP contribution in [0.3, 0.4) is 0 Å². The number of anilines is 1. The first kappa shape index (κ1) is 16.0. The van der Waals surface area contributed by atoms with Crippen molar-refractivity contribution in [3.63, 3.8) is 0 Å². The number of unbranched alkanes of at least 4 members (excludes halogenated alkanes) is 3. The van der Waals surface area contributed by atoms with Crippen molar-refractivity contribution in [2.24, 2.45) is 0 Å². The highest BCUT2D eigenvalue weighted by Crippen LogP contribution is 2.24. The Morgan fingerprint density at radius 2 is 2.11 bits per heavy atom. The Hall–Kier alpha value is -1.03. The fourth-order valence-corrected chi connectivity index (χ4v) is 1.92. The minimum Gasteiger partial charge on any atom is -0.473 e. The summed E-state index contributed by atoms with van der Waals surface area (Å²) in [5.74, 6) is 1.02. The van der Waals surface area contributed by atoms with E-state index in [9.17, 15) is 0 Å². The second kappa shape index (κ2) is 8.97. The molecule has 0 aromatic carbocycles. The van der Waals surface area contributed by atoms with Crippen molar-refractivity contribution in [3.05, 3.63) is 11.2 Å². The van der Waals surface area contributed by atoms with Gasteiger partial charge in [-0.2, -0.15) is 4.98 Å². The molecule has 0 amide bonds. The molecule has 1 atom stereocenters. The van der Waals surface area contributed by atoms with Gasteiger partial charge in [-0.05, 0) is 26.7 Å². The smallest absolute Gasteiger partial charge is 0.237 e. The fraction of sp³-hybridized carbons (Fsp3) is 0.714. The maximum Gasteiger partial charge on any atom is 0.237 e. The van der Waals surface area contributed by atoms with E-state index in [1.807, 2.05) is 6.92 Å². The summed E-state index contributed by atoms with van der Waals surface area (Å²) in [6.45, 7) is 7.03. The first-order valence-corrected chi connectivity index (χ1v) is 7.48. The maximum absolute atomic E-state index is 6.05. The monoisotopic (exact) mass is 285 g/mol. The Balaban J connectivity index is 2.48. The largest absolute Gasteiger partial charge is 0.473 e. The lowest BCUT2D eigenvalue weighted by molar-refractivity contribution is 0.198. The molecule has 5 heteroatoms. The van der Waals surface area contributed by atoms with E-state index < -0.39 is 0 Å². The molecule has 1 rings (SSSR count). The van der Waals surface area contributed by atoms with Crippen LogP contribution in [0.2, 0.25) is 5.02 Å². The second-order valence-electron chi connectivity index (χ2n) is 4.65. The molecular formula is C14H24ClN3O. The van der Waals surface area contributed by atoms with Crippen LogP contribution in [0.1, 0.15) is 52.9 Å². The summed E-state index contributed by atoms with van der Waals surface area (Å²) in [5, 5.41) is 3.51. The van der Waals surface area contributed by atoms with Crippen LogP contribution < -0.4 is 10.1 Å². The Kier molecular flexibility index (Phi) is 7.56. The number of halogens is 1. The number of hydrogen-bond acceptors (Lipinski definition) is 4. The lowest BCUT2D eigenvalue weighted by Gasteiger charge is -2.15. The predicted octanol–water partition coefficient (Wildman–Crippen LogP) is 4.30. The zero-order valence-electron chi connectivity index (χ0n) is 12.1. The van der Waals surface area contributed by atoms with Crippen LogP contribution in [0.4, 0.5) is 5.95 Å². The van der Waals surface area contributed by atoms with E-state index in [0.29, 0.717) is 16.9 Å². The molecule has 0 spiro atoms. The quantitative estimate of drug-likeness (QED) is 0.687. The molecule has 0 fully saturated rings. The van der Waals surface area contributed by atoms with Gasteiger partial charge in [-0.25, -0.2) is 4.98 Å². The highest BCUT2D eigenvalue weighted by Gasteiger charge is 2.10. The average molecular weight is 286 g/mol. The Morgan fingerprint density at radius 3 is 2.79 bits per heavy atom. The van der Waals surface area contributed by atoms with Gasteiger partial charge in [0.05, 0.1) is 12.3 Å². The summed E-state index contributed by atoms with van der Waals surface area (Å²) in [4.78, 5) is 8.36. The first-order valence-electron chi connectivity index (χ1n) is 7.10. The molecule has 0 bridgehead atoms. The number of rotatable bonds is 9. The molecule has 0 aliphatic heterocycles. The number of nitrogens with zero attached hydrogens (tertiary/aromatic N) is 2. The number of aromatic nitrogens is 2. The molecule has 1 aromatic rings. The number of ether oxygens (including phenoxy) is 1. The zero-order chi connectivity index (χ0) is 14.1. The van der Waals surface area contributed by atoms with Crippen LogP contribution in [0, 0.1) is 0 Å². The van der Waals surface area contributed by atoms with Crippen molar-refractivity contribution in [2.45, 2.75) is 59.0 Å². The van der Waals surface area contributed by atoms with Gasteiger partial charge in [0.15, 0.2) is 0 Å². The van der Waals surface area contributed by atoms with Crippen LogP contribution >= 0.6 is 11.6 Å². The highest BCUT2D eigenvalue weighted by atomic mass is 35.5. The van der Waals surface area contributed by atoms with Gasteiger partial charge in [0.1, 0.15) is 5.02 Å². The molecule has 0 aliphatic rings. The van der Waals surface area contributed by atoms with E-state index in [-0.39, 0.29) is 6.10 Å². The topological polar surface area (TPSA) is 47.0 Å². The van der Waals surface area contributed by atoms with Gasteiger partial charge in [-0.1, -0.05) is 37.8 Å². The van der Waals surface area contributed by atoms with Crippen LogP contribution in [0.25, 0.3) is 0 Å². The fourth-order valence-electron chi connectivity index (χ4n) is 1.79. The molecule has 1 aromatic heterocycles. The molecule has 1 N–H and O–H groups in total. The minimum atomic E-state index is 0.124. The minimum absolute atomic E-state index is 0.124. The summed E-state index contributed by atoms with van der Waals surface area (Å²) < 4.78 is 5.79. The Bertz CT molecular complexity index is 374. The van der Waals surface area contributed by atoms with Crippen molar-refractivity contribution in [2.75, 3.05) is 11.9 Å². The molecule has 1 heterocycles.